The highest BCUT2D eigenvalue weighted by Crippen LogP contribution is 2.27. The van der Waals surface area contributed by atoms with Crippen molar-refractivity contribution >= 4 is 33.3 Å². The molecule has 2 aromatic heterocycles. The van der Waals surface area contributed by atoms with E-state index in [1.807, 2.05) is 11.8 Å². The molecule has 0 bridgehead atoms. The maximum Gasteiger partial charge on any atom is 0.137 e. The van der Waals surface area contributed by atoms with Crippen LogP contribution >= 0.6 is 27.7 Å². The van der Waals surface area contributed by atoms with Gasteiger partial charge in [-0.2, -0.15) is 11.8 Å². The zero-order valence-electron chi connectivity index (χ0n) is 8.46. The SMILES string of the molecule is Cc1cc2nc3c(n2cc1Br)CSCC3. The summed E-state index contributed by atoms with van der Waals surface area (Å²) in [6.07, 6.45) is 3.25. The Morgan fingerprint density at radius 3 is 3.27 bits per heavy atom. The van der Waals surface area contributed by atoms with Crippen molar-refractivity contribution in [2.24, 2.45) is 0 Å². The number of thioether (sulfide) groups is 1. The molecule has 0 radical (unpaired) electrons. The fourth-order valence-corrected chi connectivity index (χ4v) is 3.25. The van der Waals surface area contributed by atoms with Crippen molar-refractivity contribution in [3.63, 3.8) is 0 Å². The summed E-state index contributed by atoms with van der Waals surface area (Å²) in [4.78, 5) is 4.68. The first kappa shape index (κ1) is 9.73. The summed E-state index contributed by atoms with van der Waals surface area (Å²) in [6.45, 7) is 2.10. The van der Waals surface area contributed by atoms with E-state index in [1.54, 1.807) is 0 Å². The number of halogens is 1. The molecule has 78 valence electrons. The standard InChI is InChI=1S/C11H11BrN2S/c1-7-4-11-13-9-2-3-15-6-10(9)14(11)5-8(7)12/h4-5H,2-3,6H2,1H3. The number of fused-ring (bicyclic) bond motifs is 3. The number of hydrogen-bond donors (Lipinski definition) is 0. The van der Waals surface area contributed by atoms with E-state index >= 15 is 0 Å². The molecule has 0 aromatic carbocycles. The first-order valence-corrected chi connectivity index (χ1v) is 6.94. The third kappa shape index (κ3) is 1.51. The van der Waals surface area contributed by atoms with Crippen molar-refractivity contribution < 1.29 is 0 Å². The normalized spacial score (nSPS) is 15.6. The van der Waals surface area contributed by atoms with E-state index in [-0.39, 0.29) is 0 Å². The van der Waals surface area contributed by atoms with Gasteiger partial charge >= 0.3 is 0 Å². The molecule has 3 rings (SSSR count). The maximum absolute atomic E-state index is 4.68. The number of nitrogens with zero attached hydrogens (tertiary/aromatic N) is 2. The van der Waals surface area contributed by atoms with Crippen LogP contribution in [-0.4, -0.2) is 15.1 Å². The van der Waals surface area contributed by atoms with Gasteiger partial charge in [0.15, 0.2) is 0 Å². The molecule has 0 aliphatic carbocycles. The molecule has 0 spiro atoms. The topological polar surface area (TPSA) is 17.3 Å². The van der Waals surface area contributed by atoms with Crippen LogP contribution in [0, 0.1) is 6.92 Å². The zero-order chi connectivity index (χ0) is 10.4. The van der Waals surface area contributed by atoms with Crippen molar-refractivity contribution in [3.05, 3.63) is 33.7 Å². The van der Waals surface area contributed by atoms with E-state index in [0.29, 0.717) is 0 Å². The first-order chi connectivity index (χ1) is 7.25. The number of imidazole rings is 1. The van der Waals surface area contributed by atoms with Crippen molar-refractivity contribution in [1.82, 2.24) is 9.38 Å². The molecule has 0 fully saturated rings. The lowest BCUT2D eigenvalue weighted by atomic mass is 10.3. The van der Waals surface area contributed by atoms with Crippen LogP contribution in [-0.2, 0) is 12.2 Å². The van der Waals surface area contributed by atoms with Crippen molar-refractivity contribution in [2.45, 2.75) is 19.1 Å². The monoisotopic (exact) mass is 282 g/mol. The Bertz CT molecular complexity index is 533. The van der Waals surface area contributed by atoms with E-state index in [4.69, 9.17) is 0 Å². The van der Waals surface area contributed by atoms with Gasteiger partial charge in [-0.1, -0.05) is 0 Å². The summed E-state index contributed by atoms with van der Waals surface area (Å²) in [6, 6.07) is 2.15. The molecule has 0 atom stereocenters. The highest BCUT2D eigenvalue weighted by molar-refractivity contribution is 9.10. The highest BCUT2D eigenvalue weighted by atomic mass is 79.9. The second-order valence-corrected chi connectivity index (χ2v) is 5.80. The minimum Gasteiger partial charge on any atom is -0.302 e. The lowest BCUT2D eigenvalue weighted by Gasteiger charge is -2.10. The molecule has 3 heterocycles. The highest BCUT2D eigenvalue weighted by Gasteiger charge is 2.16. The maximum atomic E-state index is 4.68. The molecule has 4 heteroatoms. The van der Waals surface area contributed by atoms with Crippen molar-refractivity contribution in [2.75, 3.05) is 5.75 Å². The Morgan fingerprint density at radius 1 is 1.53 bits per heavy atom. The first-order valence-electron chi connectivity index (χ1n) is 4.99. The van der Waals surface area contributed by atoms with Crippen LogP contribution in [0.5, 0.6) is 0 Å². The molecule has 0 unspecified atom stereocenters. The molecule has 15 heavy (non-hydrogen) atoms. The zero-order valence-corrected chi connectivity index (χ0v) is 10.9. The predicted molar refractivity (Wildman–Crippen MR) is 67.5 cm³/mol. The number of hydrogen-bond acceptors (Lipinski definition) is 2. The number of rotatable bonds is 0. The molecule has 0 N–H and O–H groups in total. The van der Waals surface area contributed by atoms with Crippen molar-refractivity contribution in [1.29, 1.82) is 0 Å². The summed E-state index contributed by atoms with van der Waals surface area (Å²) in [5, 5.41) is 0. The Morgan fingerprint density at radius 2 is 2.40 bits per heavy atom. The second kappa shape index (κ2) is 3.52. The summed E-state index contributed by atoms with van der Waals surface area (Å²) in [5.74, 6) is 2.29. The van der Waals surface area contributed by atoms with Crippen molar-refractivity contribution in [3.8, 4) is 0 Å². The molecule has 1 aliphatic rings. The molecule has 1 aliphatic heterocycles. The van der Waals surface area contributed by atoms with E-state index in [2.05, 4.69) is 44.5 Å². The average Bonchev–Trinajstić information content (AvgIpc) is 2.57. The Labute approximate surface area is 101 Å². The third-order valence-corrected chi connectivity index (χ3v) is 4.61. The molecular weight excluding hydrogens is 272 g/mol. The van der Waals surface area contributed by atoms with E-state index < -0.39 is 0 Å². The van der Waals surface area contributed by atoms with Gasteiger partial charge in [-0.15, -0.1) is 0 Å². The smallest absolute Gasteiger partial charge is 0.137 e. The van der Waals surface area contributed by atoms with Crippen LogP contribution < -0.4 is 0 Å². The average molecular weight is 283 g/mol. The van der Waals surface area contributed by atoms with Crippen LogP contribution in [0.15, 0.2) is 16.7 Å². The van der Waals surface area contributed by atoms with Gasteiger partial charge in [0.05, 0.1) is 11.4 Å². The third-order valence-electron chi connectivity index (χ3n) is 2.81. The Hall–Kier alpha value is -0.480. The van der Waals surface area contributed by atoms with Gasteiger partial charge in [-0.25, -0.2) is 4.98 Å². The Balaban J connectivity index is 2.33. The largest absolute Gasteiger partial charge is 0.302 e. The number of pyridine rings is 1. The minimum atomic E-state index is 1.09. The van der Waals surface area contributed by atoms with Gasteiger partial charge in [-0.05, 0) is 40.2 Å². The summed E-state index contributed by atoms with van der Waals surface area (Å²) in [7, 11) is 0. The van der Waals surface area contributed by atoms with Gasteiger partial charge < -0.3 is 4.40 Å². The van der Waals surface area contributed by atoms with E-state index in [1.165, 1.54) is 22.7 Å². The van der Waals surface area contributed by atoms with Crippen LogP contribution in [0.1, 0.15) is 17.0 Å². The van der Waals surface area contributed by atoms with Gasteiger partial charge in [0.25, 0.3) is 0 Å². The quantitative estimate of drug-likeness (QED) is 0.738. The predicted octanol–water partition coefficient (Wildman–Crippen LogP) is 3.19. The number of aryl methyl sites for hydroxylation is 2. The van der Waals surface area contributed by atoms with E-state index in [0.717, 1.165) is 22.3 Å². The van der Waals surface area contributed by atoms with Crippen LogP contribution in [0.25, 0.3) is 5.65 Å². The summed E-state index contributed by atoms with van der Waals surface area (Å²) >= 11 is 5.56. The van der Waals surface area contributed by atoms with Gasteiger partial charge in [0.2, 0.25) is 0 Å². The lowest BCUT2D eigenvalue weighted by Crippen LogP contribution is -2.03. The molecule has 0 saturated heterocycles. The van der Waals surface area contributed by atoms with Crippen LogP contribution in [0.2, 0.25) is 0 Å². The van der Waals surface area contributed by atoms with Crippen LogP contribution in [0.4, 0.5) is 0 Å². The molecular formula is C11H11BrN2S. The second-order valence-electron chi connectivity index (χ2n) is 3.84. The van der Waals surface area contributed by atoms with E-state index in [9.17, 15) is 0 Å². The lowest BCUT2D eigenvalue weighted by molar-refractivity contribution is 0.989. The molecule has 2 aromatic rings. The summed E-state index contributed by atoms with van der Waals surface area (Å²) < 4.78 is 3.38. The fourth-order valence-electron chi connectivity index (χ4n) is 1.95. The Kier molecular flexibility index (Phi) is 2.29. The molecule has 0 amide bonds. The fraction of sp³-hybridized carbons (Fsp3) is 0.364. The molecule has 0 saturated carbocycles. The van der Waals surface area contributed by atoms with Gasteiger partial charge in [-0.3, -0.25) is 0 Å². The summed E-state index contributed by atoms with van der Waals surface area (Å²) in [5.41, 5.74) is 4.99. The minimum absolute atomic E-state index is 1.09. The molecule has 2 nitrogen and oxygen atoms in total. The van der Waals surface area contributed by atoms with Gasteiger partial charge in [0.1, 0.15) is 5.65 Å². The number of aromatic nitrogens is 2. The van der Waals surface area contributed by atoms with Crippen LogP contribution in [0.3, 0.4) is 0 Å². The van der Waals surface area contributed by atoms with Gasteiger partial charge in [0, 0.05) is 22.8 Å².